The van der Waals surface area contributed by atoms with Crippen molar-refractivity contribution in [2.75, 3.05) is 31.2 Å². The second-order valence-corrected chi connectivity index (χ2v) is 7.03. The molecule has 2 aliphatic heterocycles. The number of hydrogen-bond acceptors (Lipinski definition) is 5. The van der Waals surface area contributed by atoms with Crippen molar-refractivity contribution in [3.8, 4) is 16.9 Å². The average molecular weight is 378 g/mol. The zero-order valence-electron chi connectivity index (χ0n) is 14.7. The number of aromatic nitrogens is 1. The predicted molar refractivity (Wildman–Crippen MR) is 96.5 cm³/mol. The minimum absolute atomic E-state index is 0.178. The fraction of sp³-hybridized carbons (Fsp3) is 0.421. The summed E-state index contributed by atoms with van der Waals surface area (Å²) in [4.78, 5) is 6.69. The van der Waals surface area contributed by atoms with Gasteiger partial charge in [0.15, 0.2) is 0 Å². The number of hydrogen-bond donors (Lipinski definition) is 2. The first-order valence-electron chi connectivity index (χ1n) is 8.96. The molecule has 5 nitrogen and oxygen atoms in total. The van der Waals surface area contributed by atoms with E-state index in [1.165, 1.54) is 12.1 Å². The van der Waals surface area contributed by atoms with Crippen LogP contribution in [-0.2, 0) is 0 Å². The largest absolute Gasteiger partial charge is 0.573 e. The Morgan fingerprint density at radius 2 is 1.85 bits per heavy atom. The van der Waals surface area contributed by atoms with Crippen LogP contribution in [0.15, 0.2) is 42.6 Å². The van der Waals surface area contributed by atoms with E-state index in [-0.39, 0.29) is 11.3 Å². The van der Waals surface area contributed by atoms with E-state index < -0.39 is 6.36 Å². The zero-order valence-corrected chi connectivity index (χ0v) is 14.7. The molecule has 144 valence electrons. The Morgan fingerprint density at radius 1 is 1.07 bits per heavy atom. The lowest BCUT2D eigenvalue weighted by molar-refractivity contribution is -0.274. The van der Waals surface area contributed by atoms with Crippen molar-refractivity contribution < 1.29 is 17.9 Å². The van der Waals surface area contributed by atoms with E-state index in [9.17, 15) is 13.2 Å². The maximum absolute atomic E-state index is 12.5. The molecule has 0 aliphatic carbocycles. The minimum atomic E-state index is -4.70. The van der Waals surface area contributed by atoms with E-state index in [2.05, 4.69) is 25.3 Å². The van der Waals surface area contributed by atoms with Gasteiger partial charge in [0.05, 0.1) is 0 Å². The summed E-state index contributed by atoms with van der Waals surface area (Å²) in [6, 6.07) is 9.73. The Labute approximate surface area is 155 Å². The topological polar surface area (TPSA) is 49.4 Å². The van der Waals surface area contributed by atoms with Crippen molar-refractivity contribution in [1.29, 1.82) is 0 Å². The summed E-state index contributed by atoms with van der Waals surface area (Å²) in [5.41, 5.74) is 1.65. The zero-order chi connectivity index (χ0) is 18.9. The van der Waals surface area contributed by atoms with Crippen LogP contribution in [0.1, 0.15) is 12.8 Å². The van der Waals surface area contributed by atoms with Crippen LogP contribution in [0.5, 0.6) is 5.75 Å². The first kappa shape index (κ1) is 18.1. The molecule has 1 aromatic heterocycles. The van der Waals surface area contributed by atoms with Gasteiger partial charge in [0.25, 0.3) is 0 Å². The van der Waals surface area contributed by atoms with Gasteiger partial charge in [-0.3, -0.25) is 5.32 Å². The number of pyridine rings is 1. The Hall–Kier alpha value is -2.32. The lowest BCUT2D eigenvalue weighted by Gasteiger charge is -2.39. The molecule has 27 heavy (non-hydrogen) atoms. The van der Waals surface area contributed by atoms with Gasteiger partial charge < -0.3 is 15.0 Å². The number of halogens is 3. The summed E-state index contributed by atoms with van der Waals surface area (Å²) in [7, 11) is 0. The van der Waals surface area contributed by atoms with Gasteiger partial charge >= 0.3 is 6.36 Å². The molecule has 2 fully saturated rings. The molecule has 2 aliphatic rings. The van der Waals surface area contributed by atoms with Crippen LogP contribution in [0.25, 0.3) is 11.1 Å². The predicted octanol–water partition coefficient (Wildman–Crippen LogP) is 3.14. The summed E-state index contributed by atoms with van der Waals surface area (Å²) >= 11 is 0. The fourth-order valence-electron chi connectivity index (χ4n) is 3.78. The highest BCUT2D eigenvalue weighted by Gasteiger charge is 2.37. The fourth-order valence-corrected chi connectivity index (χ4v) is 3.78. The number of piperidine rings is 1. The van der Waals surface area contributed by atoms with Crippen LogP contribution in [0, 0.1) is 0 Å². The van der Waals surface area contributed by atoms with E-state index in [0.29, 0.717) is 5.56 Å². The molecule has 2 N–H and O–H groups in total. The number of anilines is 1. The Kier molecular flexibility index (Phi) is 4.69. The van der Waals surface area contributed by atoms with E-state index in [1.54, 1.807) is 24.4 Å². The van der Waals surface area contributed by atoms with Crippen molar-refractivity contribution >= 4 is 5.82 Å². The van der Waals surface area contributed by atoms with Crippen molar-refractivity contribution in [1.82, 2.24) is 15.6 Å². The monoisotopic (exact) mass is 378 g/mol. The molecule has 0 bridgehead atoms. The van der Waals surface area contributed by atoms with Crippen molar-refractivity contribution in [2.24, 2.45) is 0 Å². The first-order valence-corrected chi connectivity index (χ1v) is 8.96. The molecule has 4 rings (SSSR count). The number of rotatable bonds is 3. The smallest absolute Gasteiger partial charge is 0.406 e. The number of nitrogens with zero attached hydrogens (tertiary/aromatic N) is 2. The van der Waals surface area contributed by atoms with E-state index in [0.717, 1.165) is 50.5 Å². The van der Waals surface area contributed by atoms with Gasteiger partial charge in [-0.05, 0) is 48.2 Å². The molecule has 0 saturated carbocycles. The lowest BCUT2D eigenvalue weighted by Crippen LogP contribution is -2.52. The van der Waals surface area contributed by atoms with Gasteiger partial charge in [0.1, 0.15) is 11.6 Å². The Morgan fingerprint density at radius 3 is 2.56 bits per heavy atom. The van der Waals surface area contributed by atoms with Gasteiger partial charge in [-0.2, -0.15) is 0 Å². The van der Waals surface area contributed by atoms with Gasteiger partial charge in [0, 0.05) is 38.0 Å². The second kappa shape index (κ2) is 7.01. The summed E-state index contributed by atoms with van der Waals surface area (Å²) in [5.74, 6) is 0.619. The molecule has 3 heterocycles. The molecule has 0 amide bonds. The van der Waals surface area contributed by atoms with Crippen LogP contribution < -0.4 is 20.3 Å². The lowest BCUT2D eigenvalue weighted by atomic mass is 9.88. The number of nitrogens with one attached hydrogen (secondary N) is 2. The van der Waals surface area contributed by atoms with Crippen molar-refractivity contribution in [3.63, 3.8) is 0 Å². The molecule has 0 radical (unpaired) electrons. The third kappa shape index (κ3) is 4.17. The van der Waals surface area contributed by atoms with Crippen LogP contribution in [0.4, 0.5) is 19.0 Å². The van der Waals surface area contributed by atoms with Gasteiger partial charge in [-0.25, -0.2) is 4.98 Å². The first-order chi connectivity index (χ1) is 12.9. The third-order valence-corrected chi connectivity index (χ3v) is 5.24. The summed E-state index contributed by atoms with van der Waals surface area (Å²) in [6.45, 7) is 3.62. The second-order valence-electron chi connectivity index (χ2n) is 7.03. The van der Waals surface area contributed by atoms with Gasteiger partial charge in [0.2, 0.25) is 0 Å². The maximum Gasteiger partial charge on any atom is 0.573 e. The highest BCUT2D eigenvalue weighted by atomic mass is 19.4. The van der Waals surface area contributed by atoms with Gasteiger partial charge in [-0.15, -0.1) is 13.2 Å². The van der Waals surface area contributed by atoms with E-state index >= 15 is 0 Å². The highest BCUT2D eigenvalue weighted by Crippen LogP contribution is 2.31. The Balaban J connectivity index is 1.51. The maximum atomic E-state index is 12.5. The van der Waals surface area contributed by atoms with Gasteiger partial charge in [-0.1, -0.05) is 12.1 Å². The SMILES string of the molecule is FC(F)(F)Oc1cccc(-c2ccnc(N3CCC4(CC3)CNCN4)c2)c1. The van der Waals surface area contributed by atoms with Crippen LogP contribution in [-0.4, -0.2) is 43.2 Å². The van der Waals surface area contributed by atoms with Crippen molar-refractivity contribution in [2.45, 2.75) is 24.7 Å². The van der Waals surface area contributed by atoms with E-state index in [4.69, 9.17) is 0 Å². The molecule has 0 atom stereocenters. The van der Waals surface area contributed by atoms with Crippen LogP contribution in [0.2, 0.25) is 0 Å². The van der Waals surface area contributed by atoms with E-state index in [1.807, 2.05) is 6.07 Å². The number of ether oxygens (including phenoxy) is 1. The molecule has 2 saturated heterocycles. The molecular formula is C19H21F3N4O. The minimum Gasteiger partial charge on any atom is -0.406 e. The third-order valence-electron chi connectivity index (χ3n) is 5.24. The normalized spacial score (nSPS) is 19.4. The Bertz CT molecular complexity index is 796. The molecule has 8 heteroatoms. The van der Waals surface area contributed by atoms with Crippen LogP contribution >= 0.6 is 0 Å². The highest BCUT2D eigenvalue weighted by molar-refractivity contribution is 5.68. The molecular weight excluding hydrogens is 357 g/mol. The van der Waals surface area contributed by atoms with Crippen LogP contribution in [0.3, 0.4) is 0 Å². The molecule has 1 spiro atoms. The van der Waals surface area contributed by atoms with Crippen molar-refractivity contribution in [3.05, 3.63) is 42.6 Å². The standard InChI is InChI=1S/C19H21F3N4O/c20-19(21,22)27-16-3-1-2-14(10-16)15-4-7-24-17(11-15)26-8-5-18(6-9-26)12-23-13-25-18/h1-4,7,10-11,23,25H,5-6,8-9,12-13H2. The number of alkyl halides is 3. The summed E-state index contributed by atoms with van der Waals surface area (Å²) in [6.07, 6.45) is -0.946. The molecule has 2 aromatic rings. The summed E-state index contributed by atoms with van der Waals surface area (Å²) in [5, 5.41) is 6.89. The number of benzene rings is 1. The quantitative estimate of drug-likeness (QED) is 0.860. The molecule has 0 unspecified atom stereocenters. The molecule has 1 aromatic carbocycles. The summed E-state index contributed by atoms with van der Waals surface area (Å²) < 4.78 is 41.4. The average Bonchev–Trinajstić information content (AvgIpc) is 3.09.